The van der Waals surface area contributed by atoms with Crippen LogP contribution >= 0.6 is 0 Å². The largest absolute Gasteiger partial charge is 0.366 e. The van der Waals surface area contributed by atoms with Crippen LogP contribution in [0.3, 0.4) is 0 Å². The van der Waals surface area contributed by atoms with E-state index in [0.717, 1.165) is 11.7 Å². The molecule has 1 N–H and O–H groups in total. The van der Waals surface area contributed by atoms with E-state index < -0.39 is 0 Å². The average molecular weight is 221 g/mol. The Labute approximate surface area is 98.2 Å². The van der Waals surface area contributed by atoms with Gasteiger partial charge in [-0.3, -0.25) is 4.68 Å². The number of aryl methyl sites for hydroxylation is 2. The van der Waals surface area contributed by atoms with Gasteiger partial charge in [0.05, 0.1) is 0 Å². The summed E-state index contributed by atoms with van der Waals surface area (Å²) in [5.74, 6) is 1.86. The fourth-order valence-electron chi connectivity index (χ4n) is 2.62. The molecule has 0 amide bonds. The molecule has 1 heterocycles. The zero-order valence-corrected chi connectivity index (χ0v) is 10.7. The SMILES string of the molecule is Cc1cc(NC(C)C2CCCCC2)nn1C. The van der Waals surface area contributed by atoms with Gasteiger partial charge in [0, 0.05) is 24.8 Å². The maximum absolute atomic E-state index is 4.45. The minimum Gasteiger partial charge on any atom is -0.366 e. The molecular formula is C13H23N3. The molecule has 0 spiro atoms. The summed E-state index contributed by atoms with van der Waals surface area (Å²) in [4.78, 5) is 0. The Morgan fingerprint density at radius 3 is 2.62 bits per heavy atom. The first-order chi connectivity index (χ1) is 7.66. The monoisotopic (exact) mass is 221 g/mol. The number of nitrogens with zero attached hydrogens (tertiary/aromatic N) is 2. The van der Waals surface area contributed by atoms with Crippen LogP contribution in [0.1, 0.15) is 44.7 Å². The second kappa shape index (κ2) is 4.89. The molecule has 0 radical (unpaired) electrons. The molecule has 1 saturated carbocycles. The smallest absolute Gasteiger partial charge is 0.148 e. The van der Waals surface area contributed by atoms with Crippen LogP contribution in [0.5, 0.6) is 0 Å². The van der Waals surface area contributed by atoms with Crippen LogP contribution in [0.2, 0.25) is 0 Å². The third-order valence-electron chi connectivity index (χ3n) is 3.85. The number of anilines is 1. The molecule has 1 aromatic rings. The highest BCUT2D eigenvalue weighted by Crippen LogP contribution is 2.27. The summed E-state index contributed by atoms with van der Waals surface area (Å²) in [5.41, 5.74) is 1.21. The molecule has 0 aromatic carbocycles. The maximum Gasteiger partial charge on any atom is 0.148 e. The Hall–Kier alpha value is -0.990. The van der Waals surface area contributed by atoms with Crippen LogP contribution < -0.4 is 5.32 Å². The molecular weight excluding hydrogens is 198 g/mol. The van der Waals surface area contributed by atoms with E-state index in [1.54, 1.807) is 0 Å². The molecule has 1 fully saturated rings. The van der Waals surface area contributed by atoms with Crippen LogP contribution in [0, 0.1) is 12.8 Å². The van der Waals surface area contributed by atoms with Gasteiger partial charge in [0.2, 0.25) is 0 Å². The third kappa shape index (κ3) is 2.57. The Morgan fingerprint density at radius 2 is 2.06 bits per heavy atom. The lowest BCUT2D eigenvalue weighted by molar-refractivity contribution is 0.328. The Balaban J connectivity index is 1.93. The molecule has 2 rings (SSSR count). The average Bonchev–Trinajstić information content (AvgIpc) is 2.59. The van der Waals surface area contributed by atoms with Crippen molar-refractivity contribution >= 4 is 5.82 Å². The van der Waals surface area contributed by atoms with E-state index in [4.69, 9.17) is 0 Å². The Kier molecular flexibility index (Phi) is 3.52. The van der Waals surface area contributed by atoms with Gasteiger partial charge in [0.15, 0.2) is 0 Å². The van der Waals surface area contributed by atoms with Gasteiger partial charge in [-0.15, -0.1) is 0 Å². The fraction of sp³-hybridized carbons (Fsp3) is 0.769. The summed E-state index contributed by atoms with van der Waals surface area (Å²) in [7, 11) is 1.99. The van der Waals surface area contributed by atoms with Crippen molar-refractivity contribution in [2.75, 3.05) is 5.32 Å². The van der Waals surface area contributed by atoms with Crippen molar-refractivity contribution in [3.05, 3.63) is 11.8 Å². The molecule has 3 heteroatoms. The van der Waals surface area contributed by atoms with Crippen molar-refractivity contribution in [2.45, 2.75) is 52.0 Å². The van der Waals surface area contributed by atoms with E-state index in [-0.39, 0.29) is 0 Å². The summed E-state index contributed by atoms with van der Waals surface area (Å²) in [5, 5.41) is 7.99. The lowest BCUT2D eigenvalue weighted by Gasteiger charge is -2.28. The van der Waals surface area contributed by atoms with Crippen LogP contribution in [0.15, 0.2) is 6.07 Å². The molecule has 3 nitrogen and oxygen atoms in total. The normalized spacial score (nSPS) is 19.7. The van der Waals surface area contributed by atoms with Crippen molar-refractivity contribution in [1.29, 1.82) is 0 Å². The molecule has 0 bridgehead atoms. The van der Waals surface area contributed by atoms with Crippen molar-refractivity contribution in [1.82, 2.24) is 9.78 Å². The molecule has 0 aliphatic heterocycles. The highest BCUT2D eigenvalue weighted by Gasteiger charge is 2.20. The number of rotatable bonds is 3. The third-order valence-corrected chi connectivity index (χ3v) is 3.85. The molecule has 0 saturated heterocycles. The van der Waals surface area contributed by atoms with Crippen LogP contribution in [0.4, 0.5) is 5.82 Å². The maximum atomic E-state index is 4.45. The number of hydrogen-bond donors (Lipinski definition) is 1. The second-order valence-corrected chi connectivity index (χ2v) is 5.13. The van der Waals surface area contributed by atoms with E-state index in [9.17, 15) is 0 Å². The van der Waals surface area contributed by atoms with E-state index in [1.165, 1.54) is 37.8 Å². The van der Waals surface area contributed by atoms with E-state index in [0.29, 0.717) is 6.04 Å². The van der Waals surface area contributed by atoms with Gasteiger partial charge < -0.3 is 5.32 Å². The van der Waals surface area contributed by atoms with Crippen molar-refractivity contribution in [3.8, 4) is 0 Å². The minimum atomic E-state index is 0.551. The van der Waals surface area contributed by atoms with Crippen molar-refractivity contribution in [3.63, 3.8) is 0 Å². The van der Waals surface area contributed by atoms with Crippen molar-refractivity contribution < 1.29 is 0 Å². The quantitative estimate of drug-likeness (QED) is 0.850. The zero-order valence-electron chi connectivity index (χ0n) is 10.7. The number of hydrogen-bond acceptors (Lipinski definition) is 2. The number of aromatic nitrogens is 2. The topological polar surface area (TPSA) is 29.9 Å². The predicted molar refractivity (Wildman–Crippen MR) is 67.6 cm³/mol. The summed E-state index contributed by atoms with van der Waals surface area (Å²) in [6.07, 6.45) is 6.97. The summed E-state index contributed by atoms with van der Waals surface area (Å²) < 4.78 is 1.93. The van der Waals surface area contributed by atoms with E-state index in [2.05, 4.69) is 30.3 Å². The van der Waals surface area contributed by atoms with Crippen LogP contribution in [-0.2, 0) is 7.05 Å². The fourth-order valence-corrected chi connectivity index (χ4v) is 2.62. The lowest BCUT2D eigenvalue weighted by Crippen LogP contribution is -2.27. The molecule has 1 unspecified atom stereocenters. The first kappa shape index (κ1) is 11.5. The van der Waals surface area contributed by atoms with E-state index >= 15 is 0 Å². The summed E-state index contributed by atoms with van der Waals surface area (Å²) in [6, 6.07) is 2.67. The first-order valence-electron chi connectivity index (χ1n) is 6.44. The Morgan fingerprint density at radius 1 is 1.38 bits per heavy atom. The van der Waals surface area contributed by atoms with Gasteiger partial charge in [-0.1, -0.05) is 19.3 Å². The van der Waals surface area contributed by atoms with Crippen LogP contribution in [-0.4, -0.2) is 15.8 Å². The molecule has 1 atom stereocenters. The molecule has 1 aliphatic carbocycles. The molecule has 1 aromatic heterocycles. The van der Waals surface area contributed by atoms with Gasteiger partial charge in [-0.05, 0) is 32.6 Å². The first-order valence-corrected chi connectivity index (χ1v) is 6.44. The Bertz CT molecular complexity index is 317. The van der Waals surface area contributed by atoms with Gasteiger partial charge in [-0.2, -0.15) is 5.10 Å². The van der Waals surface area contributed by atoms with Gasteiger partial charge in [0.1, 0.15) is 5.82 Å². The minimum absolute atomic E-state index is 0.551. The zero-order chi connectivity index (χ0) is 11.5. The highest BCUT2D eigenvalue weighted by atomic mass is 15.3. The highest BCUT2D eigenvalue weighted by molar-refractivity contribution is 5.36. The summed E-state index contributed by atoms with van der Waals surface area (Å²) in [6.45, 7) is 4.38. The lowest BCUT2D eigenvalue weighted by atomic mass is 9.84. The van der Waals surface area contributed by atoms with Gasteiger partial charge >= 0.3 is 0 Å². The molecule has 1 aliphatic rings. The molecule has 16 heavy (non-hydrogen) atoms. The number of nitrogens with one attached hydrogen (secondary N) is 1. The predicted octanol–water partition coefficient (Wildman–Crippen LogP) is 3.11. The van der Waals surface area contributed by atoms with E-state index in [1.807, 2.05) is 11.7 Å². The van der Waals surface area contributed by atoms with Gasteiger partial charge in [0.25, 0.3) is 0 Å². The summed E-state index contributed by atoms with van der Waals surface area (Å²) >= 11 is 0. The second-order valence-electron chi connectivity index (χ2n) is 5.13. The van der Waals surface area contributed by atoms with Crippen molar-refractivity contribution in [2.24, 2.45) is 13.0 Å². The van der Waals surface area contributed by atoms with Crippen LogP contribution in [0.25, 0.3) is 0 Å². The molecule has 90 valence electrons. The van der Waals surface area contributed by atoms with Gasteiger partial charge in [-0.25, -0.2) is 0 Å². The standard InChI is InChI=1S/C13H23N3/c1-10-9-13(15-16(10)3)14-11(2)12-7-5-4-6-8-12/h9,11-12H,4-8H2,1-3H3,(H,14,15).